The highest BCUT2D eigenvalue weighted by molar-refractivity contribution is 7.52. The van der Waals surface area contributed by atoms with E-state index in [1.807, 2.05) is 0 Å². The van der Waals surface area contributed by atoms with Crippen LogP contribution in [0.5, 0.6) is 0 Å². The molecule has 1 unspecified atom stereocenters. The molecule has 5 nitrogen and oxygen atoms in total. The Hall–Kier alpha value is -1.36. The summed E-state index contributed by atoms with van der Waals surface area (Å²) in [6.45, 7) is 3.44. The minimum absolute atomic E-state index is 0.167. The molecule has 0 aliphatic heterocycles. The maximum absolute atomic E-state index is 11.6. The summed E-state index contributed by atoms with van der Waals surface area (Å²) < 4.78 is 11.6. The van der Waals surface area contributed by atoms with E-state index in [1.54, 1.807) is 68.4 Å². The Kier molecular flexibility index (Phi) is 7.76. The summed E-state index contributed by atoms with van der Waals surface area (Å²) in [6, 6.07) is 15.3. The quantitative estimate of drug-likeness (QED) is 0.621. The molecule has 4 N–H and O–H groups in total. The van der Waals surface area contributed by atoms with Gasteiger partial charge < -0.3 is 20.2 Å². The predicted octanol–water partition coefficient (Wildman–Crippen LogP) is 4.02. The van der Waals surface area contributed by atoms with Gasteiger partial charge in [-0.2, -0.15) is 0 Å². The first-order valence-electron chi connectivity index (χ1n) is 7.00. The molecule has 0 fully saturated rings. The van der Waals surface area contributed by atoms with Crippen molar-refractivity contribution in [2.45, 2.75) is 25.7 Å². The van der Waals surface area contributed by atoms with Crippen LogP contribution < -0.4 is 5.32 Å². The van der Waals surface area contributed by atoms with Gasteiger partial charge in [-0.25, -0.2) is 0 Å². The lowest BCUT2D eigenvalue weighted by molar-refractivity contribution is 0.216. The second kappa shape index (κ2) is 9.06. The van der Waals surface area contributed by atoms with Crippen molar-refractivity contribution in [1.29, 1.82) is 0 Å². The van der Waals surface area contributed by atoms with E-state index in [1.165, 1.54) is 0 Å². The number of hydrogen-bond acceptors (Lipinski definition) is 3. The number of halogens is 1. The molecule has 2 rings (SSSR count). The molecule has 0 heterocycles. The number of hydrogen-bond donors (Lipinski definition) is 4. The van der Waals surface area contributed by atoms with Gasteiger partial charge in [-0.3, -0.25) is 4.57 Å². The summed E-state index contributed by atoms with van der Waals surface area (Å²) in [7, 11) is -4.32. The van der Waals surface area contributed by atoms with E-state index in [0.29, 0.717) is 16.3 Å². The maximum Gasteiger partial charge on any atom is 0.352 e. The van der Waals surface area contributed by atoms with Gasteiger partial charge in [0.05, 0.1) is 0 Å². The summed E-state index contributed by atoms with van der Waals surface area (Å²) in [5.41, 5.74) is 1.13. The molecular weight excluding hydrogens is 337 g/mol. The van der Waals surface area contributed by atoms with Gasteiger partial charge in [-0.1, -0.05) is 41.9 Å². The Morgan fingerprint density at radius 2 is 1.48 bits per heavy atom. The van der Waals surface area contributed by atoms with Crippen LogP contribution >= 0.6 is 19.2 Å². The molecule has 7 heteroatoms. The van der Waals surface area contributed by atoms with Gasteiger partial charge in [0.15, 0.2) is 5.78 Å². The number of rotatable bonds is 4. The fourth-order valence-corrected chi connectivity index (χ4v) is 2.70. The lowest BCUT2D eigenvalue weighted by Gasteiger charge is -2.21. The number of aliphatic hydroxyl groups excluding tert-OH is 1. The molecule has 0 radical (unpaired) electrons. The fourth-order valence-electron chi connectivity index (χ4n) is 1.70. The van der Waals surface area contributed by atoms with Crippen LogP contribution in [0.25, 0.3) is 0 Å². The summed E-state index contributed by atoms with van der Waals surface area (Å²) in [6.07, 6.45) is -0.167. The van der Waals surface area contributed by atoms with Crippen molar-refractivity contribution in [3.8, 4) is 0 Å². The van der Waals surface area contributed by atoms with E-state index in [0.717, 1.165) is 0 Å². The van der Waals surface area contributed by atoms with Crippen LogP contribution in [-0.2, 0) is 4.57 Å². The van der Waals surface area contributed by atoms with Crippen LogP contribution in [0.3, 0.4) is 0 Å². The lowest BCUT2D eigenvalue weighted by atomic mass is 10.2. The van der Waals surface area contributed by atoms with Crippen molar-refractivity contribution in [2.24, 2.45) is 0 Å². The Morgan fingerprint density at radius 3 is 1.91 bits per heavy atom. The second-order valence-corrected chi connectivity index (χ2v) is 7.28. The molecule has 0 amide bonds. The molecule has 1 atom stereocenters. The smallest absolute Gasteiger partial charge is 0.352 e. The Balaban J connectivity index is 0.000000593. The predicted molar refractivity (Wildman–Crippen MR) is 93.7 cm³/mol. The highest BCUT2D eigenvalue weighted by Gasteiger charge is 2.30. The zero-order valence-corrected chi connectivity index (χ0v) is 14.6. The normalized spacial score (nSPS) is 12.3. The molecule has 0 saturated heterocycles. The maximum atomic E-state index is 11.6. The topological polar surface area (TPSA) is 89.8 Å². The average Bonchev–Trinajstić information content (AvgIpc) is 2.46. The van der Waals surface area contributed by atoms with E-state index in [-0.39, 0.29) is 6.10 Å². The molecule has 0 aromatic heterocycles. The third-order valence-corrected chi connectivity index (χ3v) is 3.95. The van der Waals surface area contributed by atoms with Gasteiger partial charge in [0.25, 0.3) is 0 Å². The van der Waals surface area contributed by atoms with Crippen LogP contribution in [-0.4, -0.2) is 21.0 Å². The number of anilines is 1. The monoisotopic (exact) mass is 357 g/mol. The standard InChI is InChI=1S/C13H13ClNO3P.C3H8O/c14-11-6-8-12(9-7-11)15-13(19(16,17)18)10-4-2-1-3-5-10;1-3(2)4/h1-9,13,15H,(H2,16,17,18);3-4H,1-2H3. The SMILES string of the molecule is CC(C)O.O=P(O)(O)C(Nc1ccc(Cl)cc1)c1ccccc1. The first-order chi connectivity index (χ1) is 10.7. The van der Waals surface area contributed by atoms with Gasteiger partial charge in [0.1, 0.15) is 0 Å². The van der Waals surface area contributed by atoms with E-state index in [9.17, 15) is 14.4 Å². The molecule has 0 aliphatic rings. The summed E-state index contributed by atoms with van der Waals surface area (Å²) in [5.74, 6) is -1.07. The fraction of sp³-hybridized carbons (Fsp3) is 0.250. The van der Waals surface area contributed by atoms with Crippen LogP contribution in [0.15, 0.2) is 54.6 Å². The van der Waals surface area contributed by atoms with Crippen molar-refractivity contribution in [3.05, 3.63) is 65.2 Å². The molecule has 126 valence electrons. The van der Waals surface area contributed by atoms with Gasteiger partial charge in [-0.15, -0.1) is 0 Å². The van der Waals surface area contributed by atoms with Crippen LogP contribution in [0, 0.1) is 0 Å². The summed E-state index contributed by atoms with van der Waals surface area (Å²) in [5, 5.41) is 11.5. The molecule has 23 heavy (non-hydrogen) atoms. The van der Waals surface area contributed by atoms with E-state index >= 15 is 0 Å². The van der Waals surface area contributed by atoms with Gasteiger partial charge >= 0.3 is 7.60 Å². The Bertz CT molecular complexity index is 626. The largest absolute Gasteiger partial charge is 0.394 e. The molecule has 2 aromatic carbocycles. The van der Waals surface area contributed by atoms with Crippen LogP contribution in [0.4, 0.5) is 5.69 Å². The first-order valence-corrected chi connectivity index (χ1v) is 9.06. The Labute approximate surface area is 141 Å². The molecule has 0 spiro atoms. The molecular formula is C16H21ClNO4P. The molecule has 0 bridgehead atoms. The Morgan fingerprint density at radius 1 is 1.00 bits per heavy atom. The zero-order chi connectivity index (χ0) is 17.5. The third kappa shape index (κ3) is 7.64. The number of nitrogens with one attached hydrogen (secondary N) is 1. The van der Waals surface area contributed by atoms with Gasteiger partial charge in [0, 0.05) is 16.8 Å². The number of aliphatic hydroxyl groups is 1. The number of benzene rings is 2. The summed E-state index contributed by atoms with van der Waals surface area (Å²) >= 11 is 5.77. The van der Waals surface area contributed by atoms with Gasteiger partial charge in [0.2, 0.25) is 0 Å². The van der Waals surface area contributed by atoms with E-state index in [4.69, 9.17) is 16.7 Å². The summed E-state index contributed by atoms with van der Waals surface area (Å²) in [4.78, 5) is 18.9. The van der Waals surface area contributed by atoms with Gasteiger partial charge in [-0.05, 0) is 43.7 Å². The lowest BCUT2D eigenvalue weighted by Crippen LogP contribution is -2.11. The van der Waals surface area contributed by atoms with Crippen LogP contribution in [0.1, 0.15) is 25.2 Å². The highest BCUT2D eigenvalue weighted by Crippen LogP contribution is 2.51. The van der Waals surface area contributed by atoms with E-state index in [2.05, 4.69) is 5.32 Å². The van der Waals surface area contributed by atoms with Crippen molar-refractivity contribution < 1.29 is 19.5 Å². The van der Waals surface area contributed by atoms with Crippen molar-refractivity contribution in [2.75, 3.05) is 5.32 Å². The minimum atomic E-state index is -4.32. The highest BCUT2D eigenvalue weighted by atomic mass is 35.5. The average molecular weight is 358 g/mol. The van der Waals surface area contributed by atoms with Crippen molar-refractivity contribution in [1.82, 2.24) is 0 Å². The third-order valence-electron chi connectivity index (χ3n) is 2.60. The van der Waals surface area contributed by atoms with E-state index < -0.39 is 13.4 Å². The van der Waals surface area contributed by atoms with Crippen molar-refractivity contribution >= 4 is 24.9 Å². The first kappa shape index (κ1) is 19.7. The van der Waals surface area contributed by atoms with Crippen LogP contribution in [0.2, 0.25) is 5.02 Å². The molecule has 2 aromatic rings. The molecule has 0 aliphatic carbocycles. The second-order valence-electron chi connectivity index (χ2n) is 5.15. The molecule has 0 saturated carbocycles. The van der Waals surface area contributed by atoms with Crippen molar-refractivity contribution in [3.63, 3.8) is 0 Å². The zero-order valence-electron chi connectivity index (χ0n) is 12.9. The minimum Gasteiger partial charge on any atom is -0.394 e.